The van der Waals surface area contributed by atoms with E-state index in [1.165, 1.54) is 12.1 Å². The summed E-state index contributed by atoms with van der Waals surface area (Å²) in [6, 6.07) is 4.79. The van der Waals surface area contributed by atoms with Crippen LogP contribution in [0.2, 0.25) is 0 Å². The molecule has 0 bridgehead atoms. The van der Waals surface area contributed by atoms with Crippen molar-refractivity contribution in [3.05, 3.63) is 35.6 Å². The molecule has 0 aliphatic carbocycles. The lowest BCUT2D eigenvalue weighted by molar-refractivity contribution is -0.173. The monoisotopic (exact) mass is 250 g/mol. The molecule has 1 rings (SSSR count). The highest BCUT2D eigenvalue weighted by atomic mass is 19.4. The standard InChI is InChI=1S/C11H10F4O2/c12-9-3-1-8(2-4-9)10(16)5-6-17-7-11(13,14)15/h1-4H,5-7H2. The van der Waals surface area contributed by atoms with E-state index in [2.05, 4.69) is 4.74 Å². The number of hydrogen-bond acceptors (Lipinski definition) is 2. The Labute approximate surface area is 95.2 Å². The van der Waals surface area contributed by atoms with Crippen LogP contribution in [0.1, 0.15) is 16.8 Å². The summed E-state index contributed by atoms with van der Waals surface area (Å²) in [4.78, 5) is 11.4. The van der Waals surface area contributed by atoms with Crippen LogP contribution in [-0.4, -0.2) is 25.2 Å². The molecule has 1 aromatic carbocycles. The highest BCUT2D eigenvalue weighted by Gasteiger charge is 2.27. The molecule has 0 radical (unpaired) electrons. The van der Waals surface area contributed by atoms with Crippen molar-refractivity contribution in [1.29, 1.82) is 0 Å². The lowest BCUT2D eigenvalue weighted by Crippen LogP contribution is -2.18. The van der Waals surface area contributed by atoms with E-state index in [0.717, 1.165) is 12.1 Å². The number of Topliss-reactive ketones (excluding diaryl/α,β-unsaturated/α-hetero) is 1. The van der Waals surface area contributed by atoms with Gasteiger partial charge in [-0.3, -0.25) is 4.79 Å². The number of alkyl halides is 3. The molecule has 0 saturated carbocycles. The average Bonchev–Trinajstić information content (AvgIpc) is 2.24. The Kier molecular flexibility index (Phi) is 4.62. The Morgan fingerprint density at radius 2 is 1.76 bits per heavy atom. The third-order valence-electron chi connectivity index (χ3n) is 1.91. The largest absolute Gasteiger partial charge is 0.411 e. The Morgan fingerprint density at radius 3 is 2.29 bits per heavy atom. The summed E-state index contributed by atoms with van der Waals surface area (Å²) in [6.07, 6.45) is -4.55. The van der Waals surface area contributed by atoms with Gasteiger partial charge in [-0.05, 0) is 24.3 Å². The van der Waals surface area contributed by atoms with Gasteiger partial charge in [-0.2, -0.15) is 13.2 Å². The number of ether oxygens (including phenoxy) is 1. The van der Waals surface area contributed by atoms with Crippen LogP contribution in [0.3, 0.4) is 0 Å². The van der Waals surface area contributed by atoms with Crippen LogP contribution in [0.4, 0.5) is 17.6 Å². The van der Waals surface area contributed by atoms with Crippen molar-refractivity contribution in [3.63, 3.8) is 0 Å². The van der Waals surface area contributed by atoms with Crippen molar-refractivity contribution in [2.75, 3.05) is 13.2 Å². The van der Waals surface area contributed by atoms with E-state index in [-0.39, 0.29) is 24.4 Å². The zero-order valence-corrected chi connectivity index (χ0v) is 8.76. The van der Waals surface area contributed by atoms with Gasteiger partial charge in [-0.25, -0.2) is 4.39 Å². The fourth-order valence-electron chi connectivity index (χ4n) is 1.13. The maximum absolute atomic E-state index is 12.5. The van der Waals surface area contributed by atoms with E-state index < -0.39 is 18.6 Å². The number of carbonyl (C=O) groups is 1. The minimum absolute atomic E-state index is 0.165. The quantitative estimate of drug-likeness (QED) is 0.456. The zero-order chi connectivity index (χ0) is 12.9. The van der Waals surface area contributed by atoms with Gasteiger partial charge in [0.1, 0.15) is 12.4 Å². The van der Waals surface area contributed by atoms with Crippen LogP contribution in [0, 0.1) is 5.82 Å². The van der Waals surface area contributed by atoms with Gasteiger partial charge in [0.25, 0.3) is 0 Å². The summed E-state index contributed by atoms with van der Waals surface area (Å²) in [5, 5.41) is 0. The van der Waals surface area contributed by atoms with Crippen molar-refractivity contribution >= 4 is 5.78 Å². The minimum Gasteiger partial charge on any atom is -0.372 e. The summed E-state index contributed by atoms with van der Waals surface area (Å²) >= 11 is 0. The van der Waals surface area contributed by atoms with Crippen LogP contribution >= 0.6 is 0 Å². The molecule has 94 valence electrons. The zero-order valence-electron chi connectivity index (χ0n) is 8.76. The molecule has 0 fully saturated rings. The first kappa shape index (κ1) is 13.6. The molecule has 0 unspecified atom stereocenters. The average molecular weight is 250 g/mol. The molecule has 0 atom stereocenters. The van der Waals surface area contributed by atoms with Crippen LogP contribution in [-0.2, 0) is 4.74 Å². The number of hydrogen-bond donors (Lipinski definition) is 0. The molecular formula is C11H10F4O2. The highest BCUT2D eigenvalue weighted by Crippen LogP contribution is 2.14. The third kappa shape index (κ3) is 5.44. The van der Waals surface area contributed by atoms with Gasteiger partial charge in [-0.1, -0.05) is 0 Å². The number of benzene rings is 1. The Bertz CT molecular complexity index is 370. The van der Waals surface area contributed by atoms with Crippen molar-refractivity contribution in [3.8, 4) is 0 Å². The molecule has 17 heavy (non-hydrogen) atoms. The van der Waals surface area contributed by atoms with Gasteiger partial charge in [0, 0.05) is 12.0 Å². The summed E-state index contributed by atoms with van der Waals surface area (Å²) in [7, 11) is 0. The first-order valence-electron chi connectivity index (χ1n) is 4.82. The van der Waals surface area contributed by atoms with Gasteiger partial charge in [0.05, 0.1) is 6.61 Å². The molecule has 0 aromatic heterocycles. The van der Waals surface area contributed by atoms with Gasteiger partial charge >= 0.3 is 6.18 Å². The summed E-state index contributed by atoms with van der Waals surface area (Å²) in [5.41, 5.74) is 0.252. The number of rotatable bonds is 5. The molecule has 6 heteroatoms. The Morgan fingerprint density at radius 1 is 1.18 bits per heavy atom. The second-order valence-corrected chi connectivity index (χ2v) is 3.35. The lowest BCUT2D eigenvalue weighted by atomic mass is 10.1. The van der Waals surface area contributed by atoms with Crippen molar-refractivity contribution < 1.29 is 27.1 Å². The fourth-order valence-corrected chi connectivity index (χ4v) is 1.13. The van der Waals surface area contributed by atoms with Crippen LogP contribution in [0.25, 0.3) is 0 Å². The molecular weight excluding hydrogens is 240 g/mol. The van der Waals surface area contributed by atoms with Crippen molar-refractivity contribution in [1.82, 2.24) is 0 Å². The molecule has 0 amide bonds. The Hall–Kier alpha value is -1.43. The molecule has 0 spiro atoms. The molecule has 0 saturated heterocycles. The van der Waals surface area contributed by atoms with Crippen molar-refractivity contribution in [2.24, 2.45) is 0 Å². The van der Waals surface area contributed by atoms with Gasteiger partial charge in [0.15, 0.2) is 5.78 Å². The lowest BCUT2D eigenvalue weighted by Gasteiger charge is -2.06. The van der Waals surface area contributed by atoms with E-state index in [1.807, 2.05) is 0 Å². The summed E-state index contributed by atoms with van der Waals surface area (Å²) < 4.78 is 51.9. The second-order valence-electron chi connectivity index (χ2n) is 3.35. The van der Waals surface area contributed by atoms with Crippen LogP contribution in [0.15, 0.2) is 24.3 Å². The topological polar surface area (TPSA) is 26.3 Å². The maximum atomic E-state index is 12.5. The Balaban J connectivity index is 2.33. The molecule has 2 nitrogen and oxygen atoms in total. The van der Waals surface area contributed by atoms with E-state index in [4.69, 9.17) is 0 Å². The van der Waals surface area contributed by atoms with E-state index in [9.17, 15) is 22.4 Å². The van der Waals surface area contributed by atoms with Crippen LogP contribution < -0.4 is 0 Å². The van der Waals surface area contributed by atoms with Gasteiger partial charge < -0.3 is 4.74 Å². The van der Waals surface area contributed by atoms with Gasteiger partial charge in [0.2, 0.25) is 0 Å². The number of carbonyl (C=O) groups excluding carboxylic acids is 1. The first-order valence-corrected chi connectivity index (χ1v) is 4.82. The molecule has 0 aliphatic heterocycles. The maximum Gasteiger partial charge on any atom is 0.411 e. The summed E-state index contributed by atoms with van der Waals surface area (Å²) in [5.74, 6) is -0.859. The smallest absolute Gasteiger partial charge is 0.372 e. The molecule has 0 heterocycles. The minimum atomic E-state index is -4.39. The summed E-state index contributed by atoms with van der Waals surface area (Å²) in [6.45, 7) is -1.68. The molecule has 1 aromatic rings. The van der Waals surface area contributed by atoms with E-state index in [0.29, 0.717) is 0 Å². The van der Waals surface area contributed by atoms with Gasteiger partial charge in [-0.15, -0.1) is 0 Å². The number of halogens is 4. The predicted octanol–water partition coefficient (Wildman–Crippen LogP) is 2.98. The first-order chi connectivity index (χ1) is 7.88. The fraction of sp³-hybridized carbons (Fsp3) is 0.364. The van der Waals surface area contributed by atoms with E-state index >= 15 is 0 Å². The predicted molar refractivity (Wildman–Crippen MR) is 52.2 cm³/mol. The molecule has 0 aliphatic rings. The normalized spacial score (nSPS) is 11.5. The SMILES string of the molecule is O=C(CCOCC(F)(F)F)c1ccc(F)cc1. The molecule has 0 N–H and O–H groups in total. The van der Waals surface area contributed by atoms with Crippen LogP contribution in [0.5, 0.6) is 0 Å². The highest BCUT2D eigenvalue weighted by molar-refractivity contribution is 5.96. The van der Waals surface area contributed by atoms with E-state index in [1.54, 1.807) is 0 Å². The van der Waals surface area contributed by atoms with Crippen molar-refractivity contribution in [2.45, 2.75) is 12.6 Å². The second kappa shape index (κ2) is 5.77. The third-order valence-corrected chi connectivity index (χ3v) is 1.91. The number of ketones is 1.